The molecule has 3 amide bonds. The van der Waals surface area contributed by atoms with E-state index in [2.05, 4.69) is 35.0 Å². The van der Waals surface area contributed by atoms with Gasteiger partial charge < -0.3 is 19.4 Å². The summed E-state index contributed by atoms with van der Waals surface area (Å²) >= 11 is 0. The lowest BCUT2D eigenvalue weighted by atomic mass is 9.78. The predicted molar refractivity (Wildman–Crippen MR) is 144 cm³/mol. The van der Waals surface area contributed by atoms with E-state index in [1.54, 1.807) is 7.11 Å². The van der Waals surface area contributed by atoms with E-state index in [1.165, 1.54) is 4.90 Å². The Bertz CT molecular complexity index is 1230. The monoisotopic (exact) mass is 506 g/mol. The largest absolute Gasteiger partial charge is 0.494 e. The SMILES string of the molecule is CCOc1ccc2[nH]c3c(c2c1)CC1(C)C(=O)N(CCN(CC)CCOC)C(=O)N1[C@@H]3C1C=CC=CC1. The Morgan fingerprint density at radius 1 is 1.19 bits per heavy atom. The van der Waals surface area contributed by atoms with Gasteiger partial charge in [0.05, 0.1) is 19.3 Å². The minimum Gasteiger partial charge on any atom is -0.494 e. The van der Waals surface area contributed by atoms with Crippen LogP contribution in [0.5, 0.6) is 5.75 Å². The number of hydrogen-bond donors (Lipinski definition) is 1. The fourth-order valence-electron chi connectivity index (χ4n) is 6.16. The first-order valence-corrected chi connectivity index (χ1v) is 13.4. The summed E-state index contributed by atoms with van der Waals surface area (Å²) in [6, 6.07) is 5.62. The summed E-state index contributed by atoms with van der Waals surface area (Å²) in [6.45, 7) is 9.82. The highest BCUT2D eigenvalue weighted by atomic mass is 16.5. The lowest BCUT2D eigenvalue weighted by Crippen LogP contribution is -2.54. The highest BCUT2D eigenvalue weighted by Gasteiger charge is 2.60. The van der Waals surface area contributed by atoms with Gasteiger partial charge in [-0.05, 0) is 50.6 Å². The Hall–Kier alpha value is -3.10. The van der Waals surface area contributed by atoms with Gasteiger partial charge in [0.1, 0.15) is 11.3 Å². The molecule has 37 heavy (non-hydrogen) atoms. The van der Waals surface area contributed by atoms with Gasteiger partial charge in [-0.15, -0.1) is 0 Å². The quantitative estimate of drug-likeness (QED) is 0.487. The third-order valence-electron chi connectivity index (χ3n) is 8.11. The lowest BCUT2D eigenvalue weighted by Gasteiger charge is -2.45. The Balaban J connectivity index is 1.54. The van der Waals surface area contributed by atoms with Crippen molar-refractivity contribution in [3.8, 4) is 5.75 Å². The van der Waals surface area contributed by atoms with E-state index in [0.717, 1.165) is 47.4 Å². The van der Waals surface area contributed by atoms with Crippen molar-refractivity contribution in [1.82, 2.24) is 19.7 Å². The zero-order valence-corrected chi connectivity index (χ0v) is 22.3. The van der Waals surface area contributed by atoms with Gasteiger partial charge in [0, 0.05) is 55.7 Å². The molecule has 1 aliphatic carbocycles. The number of imide groups is 1. The third kappa shape index (κ3) is 4.36. The van der Waals surface area contributed by atoms with Crippen molar-refractivity contribution in [1.29, 1.82) is 0 Å². The van der Waals surface area contributed by atoms with E-state index in [0.29, 0.717) is 32.7 Å². The molecule has 3 aliphatic rings. The molecule has 5 rings (SSSR count). The summed E-state index contributed by atoms with van der Waals surface area (Å²) in [5.74, 6) is 0.780. The number of benzene rings is 1. The maximum Gasteiger partial charge on any atom is 0.328 e. The van der Waals surface area contributed by atoms with Crippen LogP contribution in [0.15, 0.2) is 42.5 Å². The third-order valence-corrected chi connectivity index (χ3v) is 8.11. The van der Waals surface area contributed by atoms with E-state index < -0.39 is 5.54 Å². The second-order valence-corrected chi connectivity index (χ2v) is 10.3. The summed E-state index contributed by atoms with van der Waals surface area (Å²) in [4.78, 5) is 37.2. The molecular formula is C29H38N4O4. The van der Waals surface area contributed by atoms with Gasteiger partial charge in [-0.3, -0.25) is 14.6 Å². The number of carbonyl (C=O) groups excluding carboxylic acids is 2. The number of amides is 3. The van der Waals surface area contributed by atoms with Gasteiger partial charge in [-0.1, -0.05) is 31.2 Å². The van der Waals surface area contributed by atoms with Crippen molar-refractivity contribution >= 4 is 22.8 Å². The number of methoxy groups -OCH3 is 1. The van der Waals surface area contributed by atoms with Gasteiger partial charge in [-0.25, -0.2) is 4.79 Å². The van der Waals surface area contributed by atoms with Crippen molar-refractivity contribution in [2.75, 3.05) is 46.5 Å². The lowest BCUT2D eigenvalue weighted by molar-refractivity contribution is -0.133. The summed E-state index contributed by atoms with van der Waals surface area (Å²) in [5, 5.41) is 1.07. The Morgan fingerprint density at radius 2 is 2.03 bits per heavy atom. The van der Waals surface area contributed by atoms with Crippen molar-refractivity contribution in [3.63, 3.8) is 0 Å². The number of hydrogen-bond acceptors (Lipinski definition) is 5. The van der Waals surface area contributed by atoms with Gasteiger partial charge >= 0.3 is 6.03 Å². The van der Waals surface area contributed by atoms with E-state index >= 15 is 0 Å². The Morgan fingerprint density at radius 3 is 2.73 bits per heavy atom. The summed E-state index contributed by atoms with van der Waals surface area (Å²) in [6.07, 6.45) is 9.69. The van der Waals surface area contributed by atoms with Gasteiger partial charge in [-0.2, -0.15) is 0 Å². The van der Waals surface area contributed by atoms with E-state index in [-0.39, 0.29) is 23.9 Å². The number of likely N-dealkylation sites (N-methyl/N-ethyl adjacent to an activating group) is 1. The molecule has 0 bridgehead atoms. The van der Waals surface area contributed by atoms with Crippen LogP contribution < -0.4 is 4.74 Å². The van der Waals surface area contributed by atoms with Crippen LogP contribution in [0.3, 0.4) is 0 Å². The highest BCUT2D eigenvalue weighted by molar-refractivity contribution is 6.08. The number of aromatic nitrogens is 1. The first-order valence-electron chi connectivity index (χ1n) is 13.4. The number of rotatable bonds is 10. The molecule has 2 aliphatic heterocycles. The summed E-state index contributed by atoms with van der Waals surface area (Å²) < 4.78 is 11.0. The molecular weight excluding hydrogens is 468 g/mol. The zero-order valence-electron chi connectivity index (χ0n) is 22.3. The smallest absolute Gasteiger partial charge is 0.328 e. The van der Waals surface area contributed by atoms with Crippen molar-refractivity contribution < 1.29 is 19.1 Å². The number of ether oxygens (including phenoxy) is 2. The molecule has 1 fully saturated rings. The number of nitrogens with one attached hydrogen (secondary N) is 1. The van der Waals surface area contributed by atoms with E-state index in [1.807, 2.05) is 43.0 Å². The Labute approximate surface area is 218 Å². The van der Waals surface area contributed by atoms with Crippen LogP contribution in [-0.2, 0) is 16.0 Å². The number of nitrogens with zero attached hydrogens (tertiary/aromatic N) is 3. The molecule has 0 spiro atoms. The molecule has 1 aromatic heterocycles. The molecule has 2 aromatic rings. The fourth-order valence-corrected chi connectivity index (χ4v) is 6.16. The van der Waals surface area contributed by atoms with Crippen LogP contribution in [0.4, 0.5) is 4.79 Å². The number of H-pyrrole nitrogens is 1. The summed E-state index contributed by atoms with van der Waals surface area (Å²) in [7, 11) is 1.69. The maximum absolute atomic E-state index is 14.0. The van der Waals surface area contributed by atoms with Gasteiger partial charge in [0.2, 0.25) is 0 Å². The predicted octanol–water partition coefficient (Wildman–Crippen LogP) is 4.29. The van der Waals surface area contributed by atoms with Crippen LogP contribution in [0.1, 0.15) is 44.5 Å². The number of urea groups is 1. The topological polar surface area (TPSA) is 78.1 Å². The molecule has 0 saturated carbocycles. The average molecular weight is 507 g/mol. The molecule has 8 nitrogen and oxygen atoms in total. The molecule has 198 valence electrons. The first-order chi connectivity index (χ1) is 17.9. The molecule has 3 atom stereocenters. The standard InChI is InChI=1S/C29H38N4O4/c1-5-31(16-17-36-4)14-15-32-27(34)29(3)19-23-22-18-21(37-6-2)12-13-24(22)30-25(23)26(33(29)28(32)35)20-10-8-7-9-11-20/h7-10,12-13,18,20,26,30H,5-6,11,14-17,19H2,1-4H3/t20?,26-,29?/m1/s1. The van der Waals surface area contributed by atoms with Gasteiger partial charge in [0.25, 0.3) is 5.91 Å². The molecule has 3 heterocycles. The second-order valence-electron chi connectivity index (χ2n) is 10.3. The highest BCUT2D eigenvalue weighted by Crippen LogP contribution is 2.50. The van der Waals surface area contributed by atoms with Gasteiger partial charge in [0.15, 0.2) is 0 Å². The minimum atomic E-state index is -0.940. The minimum absolute atomic E-state index is 0.0772. The Kier molecular flexibility index (Phi) is 7.14. The van der Waals surface area contributed by atoms with Crippen LogP contribution >= 0.6 is 0 Å². The number of fused-ring (bicyclic) bond motifs is 4. The molecule has 8 heteroatoms. The van der Waals surface area contributed by atoms with Crippen LogP contribution in [-0.4, -0.2) is 83.7 Å². The molecule has 1 saturated heterocycles. The average Bonchev–Trinajstić information content (AvgIpc) is 3.35. The number of carbonyl (C=O) groups is 2. The van der Waals surface area contributed by atoms with Crippen molar-refractivity contribution in [2.45, 2.75) is 45.2 Å². The fraction of sp³-hybridized carbons (Fsp3) is 0.517. The van der Waals surface area contributed by atoms with Crippen LogP contribution in [0.25, 0.3) is 10.9 Å². The van der Waals surface area contributed by atoms with Crippen molar-refractivity contribution in [3.05, 3.63) is 53.8 Å². The molecule has 0 radical (unpaired) electrons. The molecule has 2 unspecified atom stereocenters. The zero-order chi connectivity index (χ0) is 26.2. The molecule has 1 N–H and O–H groups in total. The van der Waals surface area contributed by atoms with Crippen LogP contribution in [0, 0.1) is 5.92 Å². The van der Waals surface area contributed by atoms with E-state index in [9.17, 15) is 9.59 Å². The summed E-state index contributed by atoms with van der Waals surface area (Å²) in [5.41, 5.74) is 2.21. The first kappa shape index (κ1) is 25.5. The number of allylic oxidation sites excluding steroid dienone is 3. The van der Waals surface area contributed by atoms with Crippen molar-refractivity contribution in [2.24, 2.45) is 5.92 Å². The van der Waals surface area contributed by atoms with E-state index in [4.69, 9.17) is 9.47 Å². The van der Waals surface area contributed by atoms with Crippen LogP contribution in [0.2, 0.25) is 0 Å². The number of aromatic amines is 1. The molecule has 1 aromatic carbocycles. The normalized spacial score (nSPS) is 24.9. The second kappa shape index (κ2) is 10.3. The maximum atomic E-state index is 14.0.